The molecule has 0 saturated carbocycles. The van der Waals surface area contributed by atoms with Crippen molar-refractivity contribution in [3.05, 3.63) is 65.2 Å². The normalized spacial score (nSPS) is 26.3. The number of carbonyl (C=O) groups is 2. The number of amides is 2. The molecule has 0 spiro atoms. The number of nitrogens with zero attached hydrogens (tertiary/aromatic N) is 1. The molecule has 2 unspecified atom stereocenters. The Morgan fingerprint density at radius 3 is 2.62 bits per heavy atom. The maximum atomic E-state index is 13.3. The molecule has 2 aromatic rings. The van der Waals surface area contributed by atoms with Crippen LogP contribution in [0.4, 0.5) is 13.2 Å². The molecular weight excluding hydrogens is 385 g/mol. The second kappa shape index (κ2) is 6.50. The van der Waals surface area contributed by atoms with Crippen molar-refractivity contribution in [1.82, 2.24) is 10.2 Å². The maximum absolute atomic E-state index is 13.3. The highest BCUT2D eigenvalue weighted by Gasteiger charge is 2.57. The third kappa shape index (κ3) is 3.22. The van der Waals surface area contributed by atoms with Gasteiger partial charge in [0, 0.05) is 23.0 Å². The standard InChI is InChI=1S/C21H19F3N2O3/c1-20-10-15(14-7-2-3-8-16(14)27)26(19(20)25-17(28)11-20)18(29)12-5-4-6-13(9-12)21(22,23)24/h2-9,15,19,27H,10-11H2,1H3,(H,25,28)/t15?,19?,20-/m1/s1. The summed E-state index contributed by atoms with van der Waals surface area (Å²) in [6, 6.07) is 10.2. The lowest BCUT2D eigenvalue weighted by Crippen LogP contribution is -2.47. The second-order valence-corrected chi connectivity index (χ2v) is 7.87. The second-order valence-electron chi connectivity index (χ2n) is 7.87. The van der Waals surface area contributed by atoms with Crippen LogP contribution in [0.15, 0.2) is 48.5 Å². The molecule has 29 heavy (non-hydrogen) atoms. The number of aromatic hydroxyl groups is 1. The van der Waals surface area contributed by atoms with E-state index in [1.54, 1.807) is 18.2 Å². The number of para-hydroxylation sites is 1. The van der Waals surface area contributed by atoms with Crippen LogP contribution in [0.5, 0.6) is 5.75 Å². The number of hydrogen-bond acceptors (Lipinski definition) is 3. The molecule has 0 bridgehead atoms. The molecule has 8 heteroatoms. The van der Waals surface area contributed by atoms with Crippen LogP contribution in [-0.4, -0.2) is 28.0 Å². The third-order valence-corrected chi connectivity index (χ3v) is 5.76. The number of phenols is 1. The predicted octanol–water partition coefficient (Wildman–Crippen LogP) is 3.85. The number of fused-ring (bicyclic) bond motifs is 1. The van der Waals surface area contributed by atoms with E-state index in [1.165, 1.54) is 23.1 Å². The fraction of sp³-hybridized carbons (Fsp3) is 0.333. The van der Waals surface area contributed by atoms with E-state index in [2.05, 4.69) is 5.32 Å². The van der Waals surface area contributed by atoms with Gasteiger partial charge < -0.3 is 15.3 Å². The molecule has 5 nitrogen and oxygen atoms in total. The van der Waals surface area contributed by atoms with Crippen LogP contribution in [0.25, 0.3) is 0 Å². The van der Waals surface area contributed by atoms with Crippen molar-refractivity contribution in [2.45, 2.75) is 38.1 Å². The minimum Gasteiger partial charge on any atom is -0.508 e. The summed E-state index contributed by atoms with van der Waals surface area (Å²) >= 11 is 0. The van der Waals surface area contributed by atoms with E-state index in [0.29, 0.717) is 12.0 Å². The molecule has 2 heterocycles. The van der Waals surface area contributed by atoms with Crippen molar-refractivity contribution in [2.75, 3.05) is 0 Å². The molecule has 2 saturated heterocycles. The van der Waals surface area contributed by atoms with Crippen LogP contribution in [0.2, 0.25) is 0 Å². The summed E-state index contributed by atoms with van der Waals surface area (Å²) in [7, 11) is 0. The molecular formula is C21H19F3N2O3. The molecule has 4 rings (SSSR count). The molecule has 0 aromatic heterocycles. The molecule has 0 radical (unpaired) electrons. The summed E-state index contributed by atoms with van der Waals surface area (Å²) in [5.41, 5.74) is -1.12. The van der Waals surface area contributed by atoms with E-state index in [4.69, 9.17) is 0 Å². The van der Waals surface area contributed by atoms with Crippen LogP contribution >= 0.6 is 0 Å². The molecule has 2 aliphatic heterocycles. The lowest BCUT2D eigenvalue weighted by Gasteiger charge is -2.31. The van der Waals surface area contributed by atoms with E-state index in [1.807, 2.05) is 6.92 Å². The Morgan fingerprint density at radius 1 is 1.21 bits per heavy atom. The van der Waals surface area contributed by atoms with Gasteiger partial charge in [0.25, 0.3) is 5.91 Å². The number of hydrogen-bond donors (Lipinski definition) is 2. The van der Waals surface area contributed by atoms with Crippen LogP contribution < -0.4 is 5.32 Å². The largest absolute Gasteiger partial charge is 0.508 e. The van der Waals surface area contributed by atoms with Gasteiger partial charge in [-0.15, -0.1) is 0 Å². The summed E-state index contributed by atoms with van der Waals surface area (Å²) in [4.78, 5) is 26.8. The van der Waals surface area contributed by atoms with E-state index in [-0.39, 0.29) is 23.6 Å². The summed E-state index contributed by atoms with van der Waals surface area (Å²) in [6.45, 7) is 1.86. The quantitative estimate of drug-likeness (QED) is 0.799. The third-order valence-electron chi connectivity index (χ3n) is 5.76. The Kier molecular flexibility index (Phi) is 4.33. The Hall–Kier alpha value is -3.03. The Bertz CT molecular complexity index is 991. The maximum Gasteiger partial charge on any atom is 0.416 e. The summed E-state index contributed by atoms with van der Waals surface area (Å²) < 4.78 is 39.3. The van der Waals surface area contributed by atoms with Gasteiger partial charge in [0.15, 0.2) is 0 Å². The van der Waals surface area contributed by atoms with Crippen molar-refractivity contribution in [2.24, 2.45) is 5.41 Å². The van der Waals surface area contributed by atoms with Gasteiger partial charge in [-0.05, 0) is 30.7 Å². The zero-order valence-corrected chi connectivity index (χ0v) is 15.5. The first-order valence-electron chi connectivity index (χ1n) is 9.17. The number of carbonyl (C=O) groups excluding carboxylic acids is 2. The number of nitrogens with one attached hydrogen (secondary N) is 1. The molecule has 2 amide bonds. The minimum absolute atomic E-state index is 0.00533. The van der Waals surface area contributed by atoms with Gasteiger partial charge in [0.05, 0.1) is 11.6 Å². The topological polar surface area (TPSA) is 69.6 Å². The summed E-state index contributed by atoms with van der Waals surface area (Å²) in [6.07, 6.45) is -4.64. The van der Waals surface area contributed by atoms with E-state index < -0.39 is 35.3 Å². The Balaban J connectivity index is 1.78. The van der Waals surface area contributed by atoms with Gasteiger partial charge in [-0.1, -0.05) is 31.2 Å². The SMILES string of the molecule is C[C@@]12CC(=O)NC1N(C(=O)c1cccc(C(F)(F)F)c1)C(c1ccccc1O)C2. The van der Waals surface area contributed by atoms with Crippen molar-refractivity contribution in [1.29, 1.82) is 0 Å². The molecule has 152 valence electrons. The Morgan fingerprint density at radius 2 is 1.93 bits per heavy atom. The minimum atomic E-state index is -4.57. The molecule has 3 atom stereocenters. The highest BCUT2D eigenvalue weighted by Crippen LogP contribution is 2.53. The number of phenolic OH excluding ortho intramolecular Hbond substituents is 1. The van der Waals surface area contributed by atoms with Gasteiger partial charge in [-0.3, -0.25) is 9.59 Å². The van der Waals surface area contributed by atoms with Gasteiger partial charge in [-0.25, -0.2) is 0 Å². The van der Waals surface area contributed by atoms with Crippen LogP contribution in [0.3, 0.4) is 0 Å². The van der Waals surface area contributed by atoms with Crippen LogP contribution in [0, 0.1) is 5.41 Å². The summed E-state index contributed by atoms with van der Waals surface area (Å²) in [5.74, 6) is -0.843. The fourth-order valence-electron chi connectivity index (χ4n) is 4.42. The predicted molar refractivity (Wildman–Crippen MR) is 97.7 cm³/mol. The summed E-state index contributed by atoms with van der Waals surface area (Å²) in [5, 5.41) is 13.1. The monoisotopic (exact) mass is 404 g/mol. The number of alkyl halides is 3. The fourth-order valence-corrected chi connectivity index (χ4v) is 4.42. The molecule has 2 fully saturated rings. The van der Waals surface area contributed by atoms with Gasteiger partial charge in [0.2, 0.25) is 5.91 Å². The first-order chi connectivity index (χ1) is 13.6. The van der Waals surface area contributed by atoms with E-state index in [9.17, 15) is 27.9 Å². The van der Waals surface area contributed by atoms with E-state index in [0.717, 1.165) is 12.1 Å². The van der Waals surface area contributed by atoms with Crippen molar-refractivity contribution in [3.8, 4) is 5.75 Å². The molecule has 2 N–H and O–H groups in total. The smallest absolute Gasteiger partial charge is 0.416 e. The molecule has 2 aliphatic rings. The van der Waals surface area contributed by atoms with Crippen molar-refractivity contribution >= 4 is 11.8 Å². The first kappa shape index (κ1) is 19.3. The van der Waals surface area contributed by atoms with Gasteiger partial charge in [0.1, 0.15) is 11.9 Å². The highest BCUT2D eigenvalue weighted by atomic mass is 19.4. The van der Waals surface area contributed by atoms with E-state index >= 15 is 0 Å². The van der Waals surface area contributed by atoms with Gasteiger partial charge >= 0.3 is 6.18 Å². The highest BCUT2D eigenvalue weighted by molar-refractivity contribution is 5.96. The number of halogens is 3. The van der Waals surface area contributed by atoms with Crippen molar-refractivity contribution in [3.63, 3.8) is 0 Å². The lowest BCUT2D eigenvalue weighted by molar-refractivity contribution is -0.137. The number of rotatable bonds is 2. The first-order valence-corrected chi connectivity index (χ1v) is 9.17. The molecule has 2 aromatic carbocycles. The zero-order chi connectivity index (χ0) is 21.0. The zero-order valence-electron chi connectivity index (χ0n) is 15.5. The number of likely N-dealkylation sites (tertiary alicyclic amines) is 1. The lowest BCUT2D eigenvalue weighted by atomic mass is 9.83. The number of benzene rings is 2. The molecule has 0 aliphatic carbocycles. The average molecular weight is 404 g/mol. The van der Waals surface area contributed by atoms with Crippen LogP contribution in [-0.2, 0) is 11.0 Å². The van der Waals surface area contributed by atoms with Crippen LogP contribution in [0.1, 0.15) is 47.3 Å². The average Bonchev–Trinajstić information content (AvgIpc) is 3.09. The van der Waals surface area contributed by atoms with Gasteiger partial charge in [-0.2, -0.15) is 13.2 Å². The Labute approximate surface area is 165 Å². The van der Waals surface area contributed by atoms with Crippen molar-refractivity contribution < 1.29 is 27.9 Å².